The van der Waals surface area contributed by atoms with Crippen LogP contribution in [0, 0.1) is 11.3 Å². The van der Waals surface area contributed by atoms with E-state index in [9.17, 15) is 13.2 Å². The highest BCUT2D eigenvalue weighted by Crippen LogP contribution is 2.24. The van der Waals surface area contributed by atoms with Crippen molar-refractivity contribution in [2.45, 2.75) is 18.2 Å². The van der Waals surface area contributed by atoms with Gasteiger partial charge >= 0.3 is 13.4 Å². The van der Waals surface area contributed by atoms with Gasteiger partial charge in [0.15, 0.2) is 9.84 Å². The highest BCUT2D eigenvalue weighted by atomic mass is 32.2. The van der Waals surface area contributed by atoms with Gasteiger partial charge in [0.25, 0.3) is 0 Å². The summed E-state index contributed by atoms with van der Waals surface area (Å²) in [5.41, 5.74) is 1.19. The van der Waals surface area contributed by atoms with E-state index in [0.29, 0.717) is 18.7 Å². The third-order valence-corrected chi connectivity index (χ3v) is 6.10. The maximum Gasteiger partial charge on any atom is 0.707 e. The zero-order valence-corrected chi connectivity index (χ0v) is 17.4. The summed E-state index contributed by atoms with van der Waals surface area (Å²) >= 11 is 0. The topological polar surface area (TPSA) is 140 Å². The fraction of sp³-hybridized carbons (Fsp3) is 0.263. The van der Waals surface area contributed by atoms with Crippen molar-refractivity contribution >= 4 is 28.9 Å². The smallest absolute Gasteiger partial charge is 0.512 e. The molecule has 0 aliphatic heterocycles. The van der Waals surface area contributed by atoms with Crippen molar-refractivity contribution in [3.8, 4) is 11.8 Å². The molecule has 0 unspecified atom stereocenters. The van der Waals surface area contributed by atoms with Crippen LogP contribution in [0.15, 0.2) is 47.4 Å². The number of benzene rings is 2. The molecular weight excluding hydrogens is 409 g/mol. The maximum absolute atomic E-state index is 12.5. The average molecular weight is 431 g/mol. The fourth-order valence-corrected chi connectivity index (χ4v) is 3.62. The molecule has 2 aromatic rings. The average Bonchev–Trinajstić information content (AvgIpc) is 2.72. The lowest BCUT2D eigenvalue weighted by Gasteiger charge is -2.19. The molecule has 0 saturated heterocycles. The van der Waals surface area contributed by atoms with Crippen LogP contribution in [-0.4, -0.2) is 56.1 Å². The van der Waals surface area contributed by atoms with Crippen molar-refractivity contribution in [2.75, 3.05) is 24.7 Å². The molecule has 0 radical (unpaired) electrons. The molecule has 0 aromatic heterocycles. The second-order valence-corrected chi connectivity index (χ2v) is 8.66. The second kappa shape index (κ2) is 10.1. The number of rotatable bonds is 8. The van der Waals surface area contributed by atoms with Crippen LogP contribution in [0.4, 0.5) is 10.5 Å². The SMILES string of the molecule is CCS(=O)(=O)c1ccc(C#N)cc1NC(=O)N(C)CCc1ccc(OB(O)O)cc1. The monoisotopic (exact) mass is 431 g/mol. The van der Waals surface area contributed by atoms with Crippen LogP contribution in [-0.2, 0) is 16.3 Å². The minimum absolute atomic E-state index is 0.0348. The quantitative estimate of drug-likeness (QED) is 0.537. The fourth-order valence-electron chi connectivity index (χ4n) is 2.59. The third-order valence-electron chi connectivity index (χ3n) is 4.31. The van der Waals surface area contributed by atoms with Crippen LogP contribution in [0.3, 0.4) is 0 Å². The Kier molecular flexibility index (Phi) is 7.82. The molecule has 2 amide bonds. The third kappa shape index (κ3) is 6.22. The molecule has 30 heavy (non-hydrogen) atoms. The van der Waals surface area contributed by atoms with Gasteiger partial charge in [0.05, 0.1) is 28.0 Å². The van der Waals surface area contributed by atoms with Gasteiger partial charge < -0.3 is 24.9 Å². The van der Waals surface area contributed by atoms with Crippen LogP contribution in [0.1, 0.15) is 18.1 Å². The Labute approximate surface area is 175 Å². The van der Waals surface area contributed by atoms with Crippen molar-refractivity contribution in [3.05, 3.63) is 53.6 Å². The maximum atomic E-state index is 12.5. The number of likely N-dealkylation sites (N-methyl/N-ethyl adjacent to an activating group) is 1. The molecule has 3 N–H and O–H groups in total. The lowest BCUT2D eigenvalue weighted by molar-refractivity contribution is 0.223. The summed E-state index contributed by atoms with van der Waals surface area (Å²) in [4.78, 5) is 13.9. The first kappa shape index (κ1) is 23.2. The molecule has 11 heteroatoms. The number of carbonyl (C=O) groups is 1. The predicted octanol–water partition coefficient (Wildman–Crippen LogP) is 1.41. The van der Waals surface area contributed by atoms with Gasteiger partial charge in [-0.25, -0.2) is 13.2 Å². The Morgan fingerprint density at radius 2 is 1.90 bits per heavy atom. The van der Waals surface area contributed by atoms with Crippen LogP contribution < -0.4 is 9.97 Å². The summed E-state index contributed by atoms with van der Waals surface area (Å²) in [5, 5.41) is 29.2. The Morgan fingerprint density at radius 3 is 2.47 bits per heavy atom. The van der Waals surface area contributed by atoms with Crippen molar-refractivity contribution in [1.82, 2.24) is 4.90 Å². The minimum atomic E-state index is -3.58. The molecule has 2 rings (SSSR count). The van der Waals surface area contributed by atoms with Crippen LogP contribution in [0.2, 0.25) is 0 Å². The van der Waals surface area contributed by atoms with Crippen molar-refractivity contribution < 1.29 is 27.9 Å². The number of carbonyl (C=O) groups excluding carboxylic acids is 1. The predicted molar refractivity (Wildman–Crippen MR) is 111 cm³/mol. The van der Waals surface area contributed by atoms with E-state index in [-0.39, 0.29) is 21.9 Å². The number of nitriles is 1. The van der Waals surface area contributed by atoms with Gasteiger partial charge in [0.1, 0.15) is 5.75 Å². The molecule has 0 saturated carbocycles. The van der Waals surface area contributed by atoms with Crippen molar-refractivity contribution in [2.24, 2.45) is 0 Å². The molecule has 0 aliphatic rings. The van der Waals surface area contributed by atoms with Gasteiger partial charge in [-0.3, -0.25) is 0 Å². The second-order valence-electron chi connectivity index (χ2n) is 6.42. The number of amides is 2. The van der Waals surface area contributed by atoms with E-state index in [0.717, 1.165) is 5.56 Å². The lowest BCUT2D eigenvalue weighted by Crippen LogP contribution is -2.33. The van der Waals surface area contributed by atoms with E-state index in [1.165, 1.54) is 30.0 Å². The number of urea groups is 1. The molecule has 9 nitrogen and oxygen atoms in total. The molecule has 0 heterocycles. The summed E-state index contributed by atoms with van der Waals surface area (Å²) in [5.74, 6) is 0.159. The van der Waals surface area contributed by atoms with Crippen LogP contribution in [0.5, 0.6) is 5.75 Å². The number of anilines is 1. The molecule has 0 atom stereocenters. The van der Waals surface area contributed by atoms with Gasteiger partial charge in [-0.1, -0.05) is 19.1 Å². The summed E-state index contributed by atoms with van der Waals surface area (Å²) in [6.07, 6.45) is 0.504. The molecular formula is C19H22BN3O6S. The van der Waals surface area contributed by atoms with Gasteiger partial charge in [0.2, 0.25) is 0 Å². The molecule has 0 bridgehead atoms. The Hall–Kier alpha value is -3.07. The van der Waals surface area contributed by atoms with E-state index in [1.54, 1.807) is 31.3 Å². The van der Waals surface area contributed by atoms with Gasteiger partial charge in [-0.2, -0.15) is 5.26 Å². The van der Waals surface area contributed by atoms with Crippen LogP contribution in [0.25, 0.3) is 0 Å². The largest absolute Gasteiger partial charge is 0.707 e. The van der Waals surface area contributed by atoms with Crippen molar-refractivity contribution in [3.63, 3.8) is 0 Å². The van der Waals surface area contributed by atoms with E-state index in [2.05, 4.69) is 5.32 Å². The number of hydrogen-bond donors (Lipinski definition) is 3. The van der Waals surface area contributed by atoms with Crippen LogP contribution >= 0.6 is 0 Å². The van der Waals surface area contributed by atoms with Gasteiger partial charge in [-0.15, -0.1) is 0 Å². The zero-order valence-electron chi connectivity index (χ0n) is 16.6. The molecule has 2 aromatic carbocycles. The zero-order chi connectivity index (χ0) is 22.3. The molecule has 0 fully saturated rings. The minimum Gasteiger partial charge on any atom is -0.512 e. The number of nitrogens with one attached hydrogen (secondary N) is 1. The first-order valence-corrected chi connectivity index (χ1v) is 10.7. The Balaban J connectivity index is 2.06. The first-order chi connectivity index (χ1) is 14.2. The standard InChI is InChI=1S/C19H22BN3O6S/c1-3-30(27,28)18-9-6-15(13-21)12-17(18)22-19(24)23(2)11-10-14-4-7-16(8-5-14)29-20(25)26/h4-9,12,25-26H,3,10-11H2,1-2H3,(H,22,24). The van der Waals surface area contributed by atoms with Crippen molar-refractivity contribution in [1.29, 1.82) is 5.26 Å². The number of hydrogen-bond acceptors (Lipinski definition) is 7. The number of sulfone groups is 1. The van der Waals surface area contributed by atoms with E-state index in [1.807, 2.05) is 6.07 Å². The summed E-state index contributed by atoms with van der Waals surface area (Å²) in [7, 11) is -3.91. The Bertz CT molecular complexity index is 1040. The normalized spacial score (nSPS) is 10.8. The first-order valence-electron chi connectivity index (χ1n) is 9.07. The van der Waals surface area contributed by atoms with E-state index in [4.69, 9.17) is 20.0 Å². The highest BCUT2D eigenvalue weighted by Gasteiger charge is 2.20. The lowest BCUT2D eigenvalue weighted by atomic mass is 10.1. The van der Waals surface area contributed by atoms with E-state index < -0.39 is 23.2 Å². The molecule has 0 aliphatic carbocycles. The van der Waals surface area contributed by atoms with Gasteiger partial charge in [-0.05, 0) is 42.3 Å². The highest BCUT2D eigenvalue weighted by molar-refractivity contribution is 7.91. The number of nitrogens with zero attached hydrogens (tertiary/aromatic N) is 2. The Morgan fingerprint density at radius 1 is 1.23 bits per heavy atom. The molecule has 0 spiro atoms. The van der Waals surface area contributed by atoms with Gasteiger partial charge in [0, 0.05) is 13.6 Å². The summed E-state index contributed by atoms with van der Waals surface area (Å²) in [6, 6.07) is 12.1. The summed E-state index contributed by atoms with van der Waals surface area (Å²) in [6.45, 7) is 1.84. The summed E-state index contributed by atoms with van der Waals surface area (Å²) < 4.78 is 29.3. The van der Waals surface area contributed by atoms with E-state index >= 15 is 0 Å². The molecule has 158 valence electrons.